The molecule has 20 heavy (non-hydrogen) atoms. The van der Waals surface area contributed by atoms with Gasteiger partial charge < -0.3 is 9.84 Å². The van der Waals surface area contributed by atoms with E-state index >= 15 is 0 Å². The van der Waals surface area contributed by atoms with E-state index in [9.17, 15) is 13.2 Å². The summed E-state index contributed by atoms with van der Waals surface area (Å²) in [7, 11) is 0. The lowest BCUT2D eigenvalue weighted by Gasteiger charge is -2.23. The third-order valence-electron chi connectivity index (χ3n) is 3.04. The van der Waals surface area contributed by atoms with E-state index in [1.807, 2.05) is 0 Å². The third-order valence-corrected chi connectivity index (χ3v) is 3.26. The van der Waals surface area contributed by atoms with Gasteiger partial charge in [-0.3, -0.25) is 4.90 Å². The van der Waals surface area contributed by atoms with Crippen LogP contribution in [0, 0.1) is 0 Å². The summed E-state index contributed by atoms with van der Waals surface area (Å²) in [5.41, 5.74) is 1.55. The number of hydrogen-bond donors (Lipinski definition) is 1. The van der Waals surface area contributed by atoms with Crippen LogP contribution in [0.4, 0.5) is 13.2 Å². The fourth-order valence-electron chi connectivity index (χ4n) is 2.31. The van der Waals surface area contributed by atoms with E-state index in [4.69, 9.17) is 21.4 Å². The molecule has 1 aliphatic heterocycles. The number of benzene rings is 1. The highest BCUT2D eigenvalue weighted by atomic mass is 35.5. The quantitative estimate of drug-likeness (QED) is 0.907. The number of halogens is 4. The van der Waals surface area contributed by atoms with Crippen LogP contribution in [0.2, 0.25) is 5.02 Å². The summed E-state index contributed by atoms with van der Waals surface area (Å²) in [5.74, 6) is 0.625. The number of hydrogen-bond acceptors (Lipinski definition) is 3. The minimum atomic E-state index is -4.31. The van der Waals surface area contributed by atoms with Crippen LogP contribution >= 0.6 is 11.6 Å². The van der Waals surface area contributed by atoms with E-state index in [0.717, 1.165) is 10.5 Å². The Hall–Kier alpha value is -0.980. The second kappa shape index (κ2) is 6.20. The van der Waals surface area contributed by atoms with Crippen molar-refractivity contribution >= 4 is 11.6 Å². The monoisotopic (exact) mass is 309 g/mol. The minimum absolute atomic E-state index is 0.0446. The van der Waals surface area contributed by atoms with Gasteiger partial charge in [0.25, 0.3) is 0 Å². The first-order valence-electron chi connectivity index (χ1n) is 6.23. The molecule has 0 atom stereocenters. The highest BCUT2D eigenvalue weighted by Gasteiger charge is 2.31. The molecule has 0 aliphatic carbocycles. The molecule has 0 unspecified atom stereocenters. The van der Waals surface area contributed by atoms with Crippen LogP contribution in [0.3, 0.4) is 0 Å². The Morgan fingerprint density at radius 1 is 1.35 bits per heavy atom. The summed E-state index contributed by atoms with van der Waals surface area (Å²) in [4.78, 5) is 1.13. The Labute approximate surface area is 119 Å². The Kier molecular flexibility index (Phi) is 4.78. The van der Waals surface area contributed by atoms with Crippen molar-refractivity contribution in [3.8, 4) is 5.75 Å². The maximum absolute atomic E-state index is 12.5. The first-order valence-corrected chi connectivity index (χ1v) is 6.61. The van der Waals surface area contributed by atoms with E-state index in [-0.39, 0.29) is 19.7 Å². The molecule has 0 saturated heterocycles. The van der Waals surface area contributed by atoms with Crippen LogP contribution in [0.5, 0.6) is 5.75 Å². The smallest absolute Gasteiger partial charge is 0.401 e. The molecule has 1 aliphatic rings. The summed E-state index contributed by atoms with van der Waals surface area (Å²) < 4.78 is 43.0. The predicted octanol–water partition coefficient (Wildman–Crippen LogP) is 2.63. The molecule has 0 aromatic heterocycles. The minimum Gasteiger partial charge on any atom is -0.493 e. The Balaban J connectivity index is 2.18. The number of aliphatic hydroxyl groups excluding tert-OH is 1. The van der Waals surface area contributed by atoms with Gasteiger partial charge in [-0.05, 0) is 17.7 Å². The van der Waals surface area contributed by atoms with Gasteiger partial charge in [0.1, 0.15) is 5.75 Å². The highest BCUT2D eigenvalue weighted by molar-refractivity contribution is 6.30. The van der Waals surface area contributed by atoms with Crippen molar-refractivity contribution in [3.05, 3.63) is 28.3 Å². The second-order valence-electron chi connectivity index (χ2n) is 4.70. The zero-order valence-corrected chi connectivity index (χ0v) is 11.5. The van der Waals surface area contributed by atoms with Gasteiger partial charge in [0.05, 0.1) is 19.8 Å². The summed E-state index contributed by atoms with van der Waals surface area (Å²) in [6.07, 6.45) is -3.60. The molecule has 1 aromatic carbocycles. The van der Waals surface area contributed by atoms with Crippen molar-refractivity contribution in [3.63, 3.8) is 0 Å². The Bertz CT molecular complexity index is 479. The maximum Gasteiger partial charge on any atom is 0.401 e. The van der Waals surface area contributed by atoms with E-state index in [1.165, 1.54) is 0 Å². The van der Waals surface area contributed by atoms with E-state index in [0.29, 0.717) is 29.4 Å². The molecule has 2 rings (SSSR count). The molecule has 0 spiro atoms. The summed E-state index contributed by atoms with van der Waals surface area (Å²) in [6, 6.07) is 3.39. The molecule has 0 radical (unpaired) electrons. The first-order chi connectivity index (χ1) is 9.39. The van der Waals surface area contributed by atoms with Gasteiger partial charge in [-0.2, -0.15) is 13.2 Å². The van der Waals surface area contributed by atoms with Gasteiger partial charge >= 0.3 is 6.18 Å². The van der Waals surface area contributed by atoms with Crippen molar-refractivity contribution in [1.82, 2.24) is 4.90 Å². The molecule has 3 nitrogen and oxygen atoms in total. The summed E-state index contributed by atoms with van der Waals surface area (Å²) >= 11 is 5.98. The van der Waals surface area contributed by atoms with Crippen LogP contribution in [0.15, 0.2) is 12.1 Å². The lowest BCUT2D eigenvalue weighted by molar-refractivity contribution is -0.148. The number of alkyl halides is 3. The lowest BCUT2D eigenvalue weighted by atomic mass is 10.1. The highest BCUT2D eigenvalue weighted by Crippen LogP contribution is 2.34. The van der Waals surface area contributed by atoms with Gasteiger partial charge in [-0.25, -0.2) is 0 Å². The van der Waals surface area contributed by atoms with Crippen molar-refractivity contribution in [2.24, 2.45) is 0 Å². The van der Waals surface area contributed by atoms with Crippen molar-refractivity contribution in [2.45, 2.75) is 19.1 Å². The van der Waals surface area contributed by atoms with Crippen LogP contribution < -0.4 is 4.74 Å². The van der Waals surface area contributed by atoms with Crippen LogP contribution in [-0.2, 0) is 13.0 Å². The largest absolute Gasteiger partial charge is 0.493 e. The van der Waals surface area contributed by atoms with E-state index in [2.05, 4.69) is 0 Å². The van der Waals surface area contributed by atoms with Crippen LogP contribution in [0.1, 0.15) is 11.1 Å². The fourth-order valence-corrected chi connectivity index (χ4v) is 2.58. The molecule has 0 bridgehead atoms. The SMILES string of the molecule is OCCN(Cc1cc(Cl)cc2c1OCC2)CC(F)(F)F. The molecular weight excluding hydrogens is 295 g/mol. The lowest BCUT2D eigenvalue weighted by Crippen LogP contribution is -2.35. The van der Waals surface area contributed by atoms with Gasteiger partial charge in [0.15, 0.2) is 0 Å². The molecule has 112 valence electrons. The van der Waals surface area contributed by atoms with Crippen molar-refractivity contribution < 1.29 is 23.0 Å². The van der Waals surface area contributed by atoms with Gasteiger partial charge in [-0.15, -0.1) is 0 Å². The van der Waals surface area contributed by atoms with Crippen molar-refractivity contribution in [1.29, 1.82) is 0 Å². The normalized spacial score (nSPS) is 14.5. The van der Waals surface area contributed by atoms with E-state index < -0.39 is 12.7 Å². The third kappa shape index (κ3) is 4.01. The number of nitrogens with zero attached hydrogens (tertiary/aromatic N) is 1. The maximum atomic E-state index is 12.5. The average Bonchev–Trinajstić information content (AvgIpc) is 2.74. The van der Waals surface area contributed by atoms with E-state index in [1.54, 1.807) is 12.1 Å². The molecule has 0 saturated carbocycles. The number of fused-ring (bicyclic) bond motifs is 1. The number of ether oxygens (including phenoxy) is 1. The molecule has 0 amide bonds. The standard InChI is InChI=1S/C13H15ClF3NO2/c14-11-5-9-1-4-20-12(9)10(6-11)7-18(2-3-19)8-13(15,16)17/h5-6,19H,1-4,7-8H2. The molecule has 1 heterocycles. The number of rotatable bonds is 5. The fraction of sp³-hybridized carbons (Fsp3) is 0.538. The van der Waals surface area contributed by atoms with Crippen molar-refractivity contribution in [2.75, 3.05) is 26.3 Å². The first kappa shape index (κ1) is 15.4. The summed E-state index contributed by atoms with van der Waals surface area (Å²) in [5, 5.41) is 9.38. The van der Waals surface area contributed by atoms with Crippen LogP contribution in [-0.4, -0.2) is 42.5 Å². The molecule has 7 heteroatoms. The van der Waals surface area contributed by atoms with Gasteiger partial charge in [0.2, 0.25) is 0 Å². The zero-order chi connectivity index (χ0) is 14.8. The summed E-state index contributed by atoms with van der Waals surface area (Å²) in [6.45, 7) is -0.903. The van der Waals surface area contributed by atoms with Crippen LogP contribution in [0.25, 0.3) is 0 Å². The molecule has 1 N–H and O–H groups in total. The second-order valence-corrected chi connectivity index (χ2v) is 5.14. The molecule has 0 fully saturated rings. The number of aliphatic hydroxyl groups is 1. The topological polar surface area (TPSA) is 32.7 Å². The zero-order valence-electron chi connectivity index (χ0n) is 10.7. The van der Waals surface area contributed by atoms with Gasteiger partial charge in [-0.1, -0.05) is 11.6 Å². The predicted molar refractivity (Wildman–Crippen MR) is 69.1 cm³/mol. The average molecular weight is 310 g/mol. The Morgan fingerprint density at radius 2 is 2.10 bits per heavy atom. The molecular formula is C13H15ClF3NO2. The molecule has 1 aromatic rings. The Morgan fingerprint density at radius 3 is 2.75 bits per heavy atom. The van der Waals surface area contributed by atoms with Gasteiger partial charge in [0, 0.05) is 30.1 Å².